The summed E-state index contributed by atoms with van der Waals surface area (Å²) in [7, 11) is 0. The molecule has 3 rings (SSSR count). The van der Waals surface area contributed by atoms with E-state index in [0.29, 0.717) is 5.56 Å². The molecule has 0 saturated heterocycles. The van der Waals surface area contributed by atoms with Crippen LogP contribution in [0.4, 0.5) is 0 Å². The molecule has 1 aliphatic rings. The summed E-state index contributed by atoms with van der Waals surface area (Å²) in [5.41, 5.74) is 1.66. The zero-order valence-corrected chi connectivity index (χ0v) is 7.40. The largest absolute Gasteiger partial charge is 0.277 e. The normalized spacial score (nSPS) is 12.3. The smallest absolute Gasteiger partial charge is 0.267 e. The van der Waals surface area contributed by atoms with Crippen LogP contribution in [0.1, 0.15) is 11.1 Å². The van der Waals surface area contributed by atoms with Gasteiger partial charge < -0.3 is 0 Å². The third kappa shape index (κ3) is 0.852. The van der Waals surface area contributed by atoms with E-state index in [2.05, 4.69) is 4.98 Å². The van der Waals surface area contributed by atoms with Gasteiger partial charge in [0.15, 0.2) is 0 Å². The van der Waals surface area contributed by atoms with Crippen LogP contribution in [-0.4, -0.2) is 4.98 Å². The molecule has 0 aliphatic heterocycles. The molecule has 14 heavy (non-hydrogen) atoms. The highest BCUT2D eigenvalue weighted by molar-refractivity contribution is 6.03. The van der Waals surface area contributed by atoms with E-state index in [1.165, 1.54) is 0 Å². The van der Waals surface area contributed by atoms with Gasteiger partial charge in [0.25, 0.3) is 5.56 Å². The lowest BCUT2D eigenvalue weighted by Gasteiger charge is -1.94. The van der Waals surface area contributed by atoms with Crippen molar-refractivity contribution < 1.29 is 0 Å². The summed E-state index contributed by atoms with van der Waals surface area (Å²) in [6.07, 6.45) is 5.37. The molecule has 2 heteroatoms. The maximum atomic E-state index is 11.5. The number of hydrogen-bond donors (Lipinski definition) is 0. The zero-order chi connectivity index (χ0) is 9.54. The Labute approximate surface area is 80.5 Å². The molecule has 0 amide bonds. The Morgan fingerprint density at radius 3 is 2.93 bits per heavy atom. The van der Waals surface area contributed by atoms with Crippen molar-refractivity contribution in [3.8, 4) is 0 Å². The minimum Gasteiger partial charge on any atom is -0.267 e. The van der Waals surface area contributed by atoms with Gasteiger partial charge in [-0.25, -0.2) is 4.98 Å². The fourth-order valence-electron chi connectivity index (χ4n) is 1.87. The van der Waals surface area contributed by atoms with Gasteiger partial charge in [-0.15, -0.1) is 0 Å². The Bertz CT molecular complexity index is 614. The van der Waals surface area contributed by atoms with Gasteiger partial charge in [0.2, 0.25) is 0 Å². The van der Waals surface area contributed by atoms with Gasteiger partial charge in [-0.05, 0) is 23.1 Å². The number of hydrogen-bond acceptors (Lipinski definition) is 2. The summed E-state index contributed by atoms with van der Waals surface area (Å²) in [6, 6.07) is 7.86. The molecule has 0 radical (unpaired) electrons. The van der Waals surface area contributed by atoms with Gasteiger partial charge in [-0.1, -0.05) is 24.3 Å². The zero-order valence-electron chi connectivity index (χ0n) is 7.40. The van der Waals surface area contributed by atoms with Crippen LogP contribution in [0.5, 0.6) is 0 Å². The minimum atomic E-state index is -0.152. The first kappa shape index (κ1) is 7.44. The second-order valence-corrected chi connectivity index (χ2v) is 3.31. The van der Waals surface area contributed by atoms with Crippen molar-refractivity contribution in [2.75, 3.05) is 0 Å². The molecular weight excluding hydrogens is 174 g/mol. The standard InChI is InChI=1S/C12H7NO/c14-12-10-5-4-8-2-1-3-9(11(8)10)6-7-13-12/h1-7H. The second-order valence-electron chi connectivity index (χ2n) is 3.31. The van der Waals surface area contributed by atoms with E-state index in [1.54, 1.807) is 6.20 Å². The third-order valence-corrected chi connectivity index (χ3v) is 2.50. The quantitative estimate of drug-likeness (QED) is 0.531. The van der Waals surface area contributed by atoms with E-state index in [-0.39, 0.29) is 5.56 Å². The number of benzene rings is 1. The second kappa shape index (κ2) is 2.51. The first-order valence-electron chi connectivity index (χ1n) is 4.46. The van der Waals surface area contributed by atoms with Gasteiger partial charge in [0, 0.05) is 11.6 Å². The average Bonchev–Trinajstić information content (AvgIpc) is 2.54. The van der Waals surface area contributed by atoms with Crippen molar-refractivity contribution in [1.82, 2.24) is 4.98 Å². The van der Waals surface area contributed by atoms with E-state index >= 15 is 0 Å². The van der Waals surface area contributed by atoms with Crippen molar-refractivity contribution >= 4 is 22.9 Å². The fraction of sp³-hybridized carbons (Fsp3) is 0. The van der Waals surface area contributed by atoms with Gasteiger partial charge in [-0.3, -0.25) is 4.79 Å². The maximum Gasteiger partial charge on any atom is 0.277 e. The van der Waals surface area contributed by atoms with Crippen molar-refractivity contribution in [1.29, 1.82) is 0 Å². The predicted molar refractivity (Wildman–Crippen MR) is 56.9 cm³/mol. The third-order valence-electron chi connectivity index (χ3n) is 2.50. The average molecular weight is 181 g/mol. The van der Waals surface area contributed by atoms with Crippen molar-refractivity contribution in [2.45, 2.75) is 0 Å². The van der Waals surface area contributed by atoms with Crippen LogP contribution in [-0.2, 0) is 0 Å². The molecular formula is C12H7NO. The van der Waals surface area contributed by atoms with Gasteiger partial charge in [-0.2, -0.15) is 0 Å². The Kier molecular flexibility index (Phi) is 1.34. The first-order valence-corrected chi connectivity index (χ1v) is 4.46. The molecule has 0 bridgehead atoms. The molecule has 1 heterocycles. The van der Waals surface area contributed by atoms with Crippen LogP contribution in [0.2, 0.25) is 0 Å². The minimum absolute atomic E-state index is 0.152. The highest BCUT2D eigenvalue weighted by atomic mass is 16.1. The molecule has 1 aromatic heterocycles. The van der Waals surface area contributed by atoms with E-state index in [1.807, 2.05) is 36.4 Å². The van der Waals surface area contributed by atoms with E-state index < -0.39 is 0 Å². The summed E-state index contributed by atoms with van der Waals surface area (Å²) in [6.45, 7) is 0. The molecule has 0 atom stereocenters. The summed E-state index contributed by atoms with van der Waals surface area (Å²) in [5.74, 6) is 0. The van der Waals surface area contributed by atoms with Crippen LogP contribution in [0.3, 0.4) is 0 Å². The lowest BCUT2D eigenvalue weighted by molar-refractivity contribution is 1.27. The van der Waals surface area contributed by atoms with Crippen LogP contribution >= 0.6 is 0 Å². The van der Waals surface area contributed by atoms with Crippen LogP contribution in [0.25, 0.3) is 22.9 Å². The summed E-state index contributed by atoms with van der Waals surface area (Å²) in [5, 5.41) is 2.09. The Morgan fingerprint density at radius 1 is 1.07 bits per heavy atom. The molecule has 0 spiro atoms. The van der Waals surface area contributed by atoms with E-state index in [0.717, 1.165) is 16.3 Å². The SMILES string of the molecule is O=c1nccc2cccc3c2c1C=C3. The molecule has 0 fully saturated rings. The van der Waals surface area contributed by atoms with Crippen molar-refractivity contribution in [2.24, 2.45) is 0 Å². The van der Waals surface area contributed by atoms with Crippen molar-refractivity contribution in [3.63, 3.8) is 0 Å². The molecule has 2 nitrogen and oxygen atoms in total. The molecule has 1 aliphatic carbocycles. The highest BCUT2D eigenvalue weighted by Crippen LogP contribution is 2.27. The Hall–Kier alpha value is -1.96. The van der Waals surface area contributed by atoms with Crippen LogP contribution in [0.15, 0.2) is 35.3 Å². The number of nitrogens with zero attached hydrogens (tertiary/aromatic N) is 1. The number of rotatable bonds is 0. The summed E-state index contributed by atoms with van der Waals surface area (Å²) in [4.78, 5) is 15.4. The molecule has 2 aromatic rings. The lowest BCUT2D eigenvalue weighted by Crippen LogP contribution is -2.03. The maximum absolute atomic E-state index is 11.5. The first-order chi connectivity index (χ1) is 6.86. The van der Waals surface area contributed by atoms with Gasteiger partial charge in [0.1, 0.15) is 0 Å². The summed E-state index contributed by atoms with van der Waals surface area (Å²) < 4.78 is 0. The molecule has 0 N–H and O–H groups in total. The topological polar surface area (TPSA) is 30.0 Å². The summed E-state index contributed by atoms with van der Waals surface area (Å²) >= 11 is 0. The molecule has 1 aromatic carbocycles. The van der Waals surface area contributed by atoms with Crippen molar-refractivity contribution in [3.05, 3.63) is 51.9 Å². The molecule has 66 valence electrons. The van der Waals surface area contributed by atoms with Gasteiger partial charge in [0.05, 0.1) is 5.56 Å². The highest BCUT2D eigenvalue weighted by Gasteiger charge is 2.10. The van der Waals surface area contributed by atoms with Gasteiger partial charge >= 0.3 is 0 Å². The Balaban J connectivity index is 2.71. The monoisotopic (exact) mass is 181 g/mol. The predicted octanol–water partition coefficient (Wildman–Crippen LogP) is 2.08. The molecule has 0 saturated carbocycles. The number of aromatic nitrogens is 1. The molecule has 0 unspecified atom stereocenters. The van der Waals surface area contributed by atoms with E-state index in [4.69, 9.17) is 0 Å². The van der Waals surface area contributed by atoms with Crippen LogP contribution < -0.4 is 5.56 Å². The fourth-order valence-corrected chi connectivity index (χ4v) is 1.87. The van der Waals surface area contributed by atoms with Crippen LogP contribution in [0, 0.1) is 0 Å². The lowest BCUT2D eigenvalue weighted by atomic mass is 10.1. The Morgan fingerprint density at radius 2 is 2.00 bits per heavy atom. The van der Waals surface area contributed by atoms with E-state index in [9.17, 15) is 4.79 Å².